The number of nitrogens with one attached hydrogen (secondary N) is 2. The summed E-state index contributed by atoms with van der Waals surface area (Å²) in [5.74, 6) is 1.34. The number of hydrogen-bond donors (Lipinski definition) is 2. The van der Waals surface area contributed by atoms with Gasteiger partial charge in [-0.15, -0.1) is 0 Å². The van der Waals surface area contributed by atoms with Crippen LogP contribution in [0.25, 0.3) is 0 Å². The Morgan fingerprint density at radius 1 is 1.39 bits per heavy atom. The maximum Gasteiger partial charge on any atom is 0.190 e. The first kappa shape index (κ1) is 17.5. The SMILES string of the molecule is CN=C(NCCCn1nc(C)cc1C)NCC(C)c1ccsc1. The molecule has 2 aromatic rings. The van der Waals surface area contributed by atoms with Crippen molar-refractivity contribution < 1.29 is 0 Å². The topological polar surface area (TPSA) is 54.2 Å². The maximum atomic E-state index is 4.48. The lowest BCUT2D eigenvalue weighted by Crippen LogP contribution is -2.39. The number of hydrogen-bond acceptors (Lipinski definition) is 3. The van der Waals surface area contributed by atoms with Crippen molar-refractivity contribution in [3.63, 3.8) is 0 Å². The first-order valence-electron chi connectivity index (χ1n) is 8.08. The van der Waals surface area contributed by atoms with Gasteiger partial charge in [0.2, 0.25) is 0 Å². The molecular formula is C17H27N5S. The molecule has 2 N–H and O–H groups in total. The van der Waals surface area contributed by atoms with E-state index in [4.69, 9.17) is 0 Å². The molecular weight excluding hydrogens is 306 g/mol. The molecule has 0 spiro atoms. The predicted octanol–water partition coefficient (Wildman–Crippen LogP) is 2.92. The first-order chi connectivity index (χ1) is 11.1. The van der Waals surface area contributed by atoms with Crippen molar-refractivity contribution in [1.82, 2.24) is 20.4 Å². The molecule has 126 valence electrons. The third-order valence-corrected chi connectivity index (χ3v) is 4.56. The van der Waals surface area contributed by atoms with Gasteiger partial charge >= 0.3 is 0 Å². The summed E-state index contributed by atoms with van der Waals surface area (Å²) < 4.78 is 2.06. The van der Waals surface area contributed by atoms with Crippen LogP contribution in [0, 0.1) is 13.8 Å². The lowest BCUT2D eigenvalue weighted by molar-refractivity contribution is 0.554. The van der Waals surface area contributed by atoms with E-state index < -0.39 is 0 Å². The molecule has 0 saturated heterocycles. The van der Waals surface area contributed by atoms with Gasteiger partial charge in [-0.05, 0) is 54.6 Å². The third kappa shape index (κ3) is 5.39. The first-order valence-corrected chi connectivity index (χ1v) is 9.02. The second kappa shape index (κ2) is 8.72. The van der Waals surface area contributed by atoms with Crippen molar-refractivity contribution in [3.05, 3.63) is 39.8 Å². The summed E-state index contributed by atoms with van der Waals surface area (Å²) in [5.41, 5.74) is 3.67. The van der Waals surface area contributed by atoms with Crippen molar-refractivity contribution in [2.24, 2.45) is 4.99 Å². The third-order valence-electron chi connectivity index (χ3n) is 3.85. The van der Waals surface area contributed by atoms with E-state index in [0.29, 0.717) is 5.92 Å². The quantitative estimate of drug-likeness (QED) is 0.465. The summed E-state index contributed by atoms with van der Waals surface area (Å²) in [4.78, 5) is 4.28. The van der Waals surface area contributed by atoms with Gasteiger partial charge in [0.1, 0.15) is 0 Å². The van der Waals surface area contributed by atoms with Gasteiger partial charge in [-0.2, -0.15) is 16.4 Å². The Hall–Kier alpha value is -1.82. The molecule has 6 heteroatoms. The summed E-state index contributed by atoms with van der Waals surface area (Å²) in [6.07, 6.45) is 1.02. The Labute approximate surface area is 142 Å². The van der Waals surface area contributed by atoms with Crippen LogP contribution in [0.4, 0.5) is 0 Å². The number of aromatic nitrogens is 2. The average molecular weight is 334 g/mol. The van der Waals surface area contributed by atoms with Crippen molar-refractivity contribution >= 4 is 17.3 Å². The highest BCUT2D eigenvalue weighted by molar-refractivity contribution is 7.07. The molecule has 5 nitrogen and oxygen atoms in total. The zero-order valence-electron chi connectivity index (χ0n) is 14.5. The van der Waals surface area contributed by atoms with Crippen molar-refractivity contribution in [3.8, 4) is 0 Å². The van der Waals surface area contributed by atoms with Crippen LogP contribution in [0.3, 0.4) is 0 Å². The molecule has 23 heavy (non-hydrogen) atoms. The Kier molecular flexibility index (Phi) is 6.65. The smallest absolute Gasteiger partial charge is 0.190 e. The van der Waals surface area contributed by atoms with Gasteiger partial charge in [-0.25, -0.2) is 0 Å². The molecule has 0 fully saturated rings. The van der Waals surface area contributed by atoms with Gasteiger partial charge in [0.05, 0.1) is 5.69 Å². The van der Waals surface area contributed by atoms with Crippen LogP contribution in [0.2, 0.25) is 0 Å². The molecule has 0 amide bonds. The minimum absolute atomic E-state index is 0.481. The van der Waals surface area contributed by atoms with Gasteiger partial charge in [0.15, 0.2) is 5.96 Å². The lowest BCUT2D eigenvalue weighted by atomic mass is 10.1. The molecule has 1 unspecified atom stereocenters. The highest BCUT2D eigenvalue weighted by Gasteiger charge is 2.07. The summed E-state index contributed by atoms with van der Waals surface area (Å²) in [6, 6.07) is 4.29. The predicted molar refractivity (Wildman–Crippen MR) is 98.4 cm³/mol. The zero-order valence-corrected chi connectivity index (χ0v) is 15.3. The number of guanidine groups is 1. The number of thiophene rings is 1. The molecule has 0 aliphatic rings. The number of aryl methyl sites for hydroxylation is 3. The highest BCUT2D eigenvalue weighted by atomic mass is 32.1. The number of rotatable bonds is 7. The lowest BCUT2D eigenvalue weighted by Gasteiger charge is -2.15. The molecule has 0 saturated carbocycles. The molecule has 0 bridgehead atoms. The van der Waals surface area contributed by atoms with Crippen LogP contribution in [0.1, 0.15) is 36.2 Å². The van der Waals surface area contributed by atoms with E-state index in [2.05, 4.69) is 62.1 Å². The second-order valence-electron chi connectivity index (χ2n) is 5.84. The maximum absolute atomic E-state index is 4.48. The normalized spacial score (nSPS) is 13.1. The van der Waals surface area contributed by atoms with Crippen LogP contribution >= 0.6 is 11.3 Å². The molecule has 2 heterocycles. The largest absolute Gasteiger partial charge is 0.356 e. The van der Waals surface area contributed by atoms with Crippen molar-refractivity contribution in [2.45, 2.75) is 39.7 Å². The van der Waals surface area contributed by atoms with E-state index in [9.17, 15) is 0 Å². The summed E-state index contributed by atoms with van der Waals surface area (Å²) in [7, 11) is 1.81. The minimum Gasteiger partial charge on any atom is -0.356 e. The molecule has 2 aromatic heterocycles. The highest BCUT2D eigenvalue weighted by Crippen LogP contribution is 2.16. The van der Waals surface area contributed by atoms with Crippen molar-refractivity contribution in [1.29, 1.82) is 0 Å². The van der Waals surface area contributed by atoms with E-state index in [-0.39, 0.29) is 0 Å². The van der Waals surface area contributed by atoms with E-state index in [1.54, 1.807) is 11.3 Å². The molecule has 1 atom stereocenters. The van der Waals surface area contributed by atoms with E-state index >= 15 is 0 Å². The van der Waals surface area contributed by atoms with E-state index in [1.165, 1.54) is 11.3 Å². The summed E-state index contributed by atoms with van der Waals surface area (Å²) >= 11 is 1.74. The fourth-order valence-corrected chi connectivity index (χ4v) is 3.26. The van der Waals surface area contributed by atoms with E-state index in [0.717, 1.165) is 37.7 Å². The second-order valence-corrected chi connectivity index (χ2v) is 6.62. The Morgan fingerprint density at radius 3 is 2.83 bits per heavy atom. The summed E-state index contributed by atoms with van der Waals surface area (Å²) in [6.45, 7) is 9.04. The summed E-state index contributed by atoms with van der Waals surface area (Å²) in [5, 5.41) is 15.6. The van der Waals surface area contributed by atoms with Gasteiger partial charge in [-0.3, -0.25) is 9.67 Å². The van der Waals surface area contributed by atoms with Gasteiger partial charge < -0.3 is 10.6 Å². The average Bonchev–Trinajstić information content (AvgIpc) is 3.16. The van der Waals surface area contributed by atoms with Crippen molar-refractivity contribution in [2.75, 3.05) is 20.1 Å². The fraction of sp³-hybridized carbons (Fsp3) is 0.529. The molecule has 2 rings (SSSR count). The fourth-order valence-electron chi connectivity index (χ4n) is 2.48. The molecule has 0 aromatic carbocycles. The Balaban J connectivity index is 1.68. The van der Waals surface area contributed by atoms with Gasteiger partial charge in [-0.1, -0.05) is 6.92 Å². The standard InChI is InChI=1S/C17H27N5S/c1-13(16-6-9-23-12-16)11-20-17(18-4)19-7-5-8-22-15(3)10-14(2)21-22/h6,9-10,12-13H,5,7-8,11H2,1-4H3,(H2,18,19,20). The van der Waals surface area contributed by atoms with Crippen LogP contribution < -0.4 is 10.6 Å². The number of nitrogens with zero attached hydrogens (tertiary/aromatic N) is 3. The monoisotopic (exact) mass is 333 g/mol. The van der Waals surface area contributed by atoms with Gasteiger partial charge in [0, 0.05) is 32.4 Å². The molecule has 0 aliphatic heterocycles. The number of aliphatic imine (C=N–C) groups is 1. The van der Waals surface area contributed by atoms with Crippen LogP contribution in [0.5, 0.6) is 0 Å². The zero-order chi connectivity index (χ0) is 16.7. The van der Waals surface area contributed by atoms with E-state index in [1.807, 2.05) is 14.0 Å². The van der Waals surface area contributed by atoms with Crippen LogP contribution in [-0.4, -0.2) is 35.9 Å². The van der Waals surface area contributed by atoms with Crippen LogP contribution in [0.15, 0.2) is 27.9 Å². The van der Waals surface area contributed by atoms with Crippen LogP contribution in [-0.2, 0) is 6.54 Å². The molecule has 0 aliphatic carbocycles. The van der Waals surface area contributed by atoms with Gasteiger partial charge in [0.25, 0.3) is 0 Å². The Bertz CT molecular complexity index is 615. The Morgan fingerprint density at radius 2 is 2.22 bits per heavy atom. The minimum atomic E-state index is 0.481. The molecule has 0 radical (unpaired) electrons.